The molecule has 4 rings (SSSR count). The summed E-state index contributed by atoms with van der Waals surface area (Å²) in [5, 5.41) is 2.73. The van der Waals surface area contributed by atoms with Gasteiger partial charge in [0.05, 0.1) is 11.4 Å². The molecule has 0 aliphatic heterocycles. The van der Waals surface area contributed by atoms with Gasteiger partial charge in [0.15, 0.2) is 4.96 Å². The number of thiazole rings is 2. The fourth-order valence-corrected chi connectivity index (χ4v) is 4.33. The summed E-state index contributed by atoms with van der Waals surface area (Å²) < 4.78 is 2.00. The third-order valence-corrected chi connectivity index (χ3v) is 5.37. The number of imidazole rings is 1. The maximum Gasteiger partial charge on any atom is 0.261 e. The van der Waals surface area contributed by atoms with Gasteiger partial charge in [0.1, 0.15) is 15.6 Å². The molecule has 4 aromatic rings. The number of carbonyl (C=O) groups is 1. The minimum atomic E-state index is -0.462. The minimum absolute atomic E-state index is 0.462. The molecule has 0 aliphatic carbocycles. The smallest absolute Gasteiger partial charge is 0.261 e. The van der Waals surface area contributed by atoms with Crippen molar-refractivity contribution in [2.24, 2.45) is 5.73 Å². The van der Waals surface area contributed by atoms with Crippen LogP contribution in [0.1, 0.15) is 15.4 Å². The summed E-state index contributed by atoms with van der Waals surface area (Å²) in [6.07, 6.45) is 1.96. The Morgan fingerprint density at radius 2 is 2.00 bits per heavy atom. The normalized spacial score (nSPS) is 11.2. The Bertz CT molecular complexity index is 1010. The van der Waals surface area contributed by atoms with Crippen molar-refractivity contribution < 1.29 is 4.79 Å². The molecule has 0 aliphatic rings. The average Bonchev–Trinajstić information content (AvgIpc) is 3.21. The Kier molecular flexibility index (Phi) is 3.24. The number of carbonyl (C=O) groups excluding carboxylic acids is 1. The highest BCUT2D eigenvalue weighted by atomic mass is 32.1. The van der Waals surface area contributed by atoms with Crippen molar-refractivity contribution in [3.63, 3.8) is 0 Å². The molecule has 0 saturated carbocycles. The van der Waals surface area contributed by atoms with Gasteiger partial charge in [0.25, 0.3) is 5.91 Å². The Hall–Kier alpha value is -2.51. The molecule has 3 aromatic heterocycles. The van der Waals surface area contributed by atoms with Crippen LogP contribution in [0.15, 0.2) is 41.9 Å². The van der Waals surface area contributed by atoms with E-state index in [0.29, 0.717) is 10.6 Å². The van der Waals surface area contributed by atoms with Crippen LogP contribution in [0, 0.1) is 6.92 Å². The second-order valence-electron chi connectivity index (χ2n) is 5.03. The molecular weight excluding hydrogens is 328 g/mol. The summed E-state index contributed by atoms with van der Waals surface area (Å²) in [5.74, 6) is -0.462. The van der Waals surface area contributed by atoms with Gasteiger partial charge in [0, 0.05) is 17.1 Å². The molecule has 0 atom stereocenters. The van der Waals surface area contributed by atoms with Crippen LogP contribution in [0.5, 0.6) is 0 Å². The molecule has 5 nitrogen and oxygen atoms in total. The molecule has 23 heavy (non-hydrogen) atoms. The fraction of sp³-hybridized carbons (Fsp3) is 0.0625. The van der Waals surface area contributed by atoms with E-state index in [4.69, 9.17) is 10.7 Å². The van der Waals surface area contributed by atoms with Gasteiger partial charge < -0.3 is 5.73 Å². The predicted molar refractivity (Wildman–Crippen MR) is 92.9 cm³/mol. The monoisotopic (exact) mass is 340 g/mol. The second-order valence-corrected chi connectivity index (χ2v) is 6.90. The van der Waals surface area contributed by atoms with E-state index in [2.05, 4.69) is 4.98 Å². The molecule has 0 spiro atoms. The zero-order valence-corrected chi connectivity index (χ0v) is 13.8. The largest absolute Gasteiger partial charge is 0.365 e. The SMILES string of the molecule is Cc1nc2sccn2c1-c1nc(-c2ccccc2)c(C(N)=O)s1. The molecule has 0 radical (unpaired) electrons. The number of aryl methyl sites for hydroxylation is 1. The number of fused-ring (bicyclic) bond motifs is 1. The van der Waals surface area contributed by atoms with E-state index >= 15 is 0 Å². The lowest BCUT2D eigenvalue weighted by Crippen LogP contribution is -2.10. The van der Waals surface area contributed by atoms with Crippen LogP contribution in [0.3, 0.4) is 0 Å². The van der Waals surface area contributed by atoms with E-state index in [1.54, 1.807) is 11.3 Å². The van der Waals surface area contributed by atoms with E-state index < -0.39 is 5.91 Å². The molecule has 0 bridgehead atoms. The topological polar surface area (TPSA) is 73.3 Å². The average molecular weight is 340 g/mol. The number of primary amides is 1. The van der Waals surface area contributed by atoms with Crippen molar-refractivity contribution in [3.05, 3.63) is 52.5 Å². The number of hydrogen-bond acceptors (Lipinski definition) is 5. The van der Waals surface area contributed by atoms with Gasteiger partial charge in [-0.25, -0.2) is 9.97 Å². The quantitative estimate of drug-likeness (QED) is 0.619. The first-order chi connectivity index (χ1) is 11.1. The zero-order chi connectivity index (χ0) is 16.0. The van der Waals surface area contributed by atoms with Gasteiger partial charge >= 0.3 is 0 Å². The maximum absolute atomic E-state index is 11.8. The second kappa shape index (κ2) is 5.29. The number of nitrogens with zero attached hydrogens (tertiary/aromatic N) is 3. The highest BCUT2D eigenvalue weighted by molar-refractivity contribution is 7.17. The van der Waals surface area contributed by atoms with Crippen LogP contribution in [-0.4, -0.2) is 20.3 Å². The molecule has 1 aromatic carbocycles. The van der Waals surface area contributed by atoms with Crippen LogP contribution in [0.2, 0.25) is 0 Å². The summed E-state index contributed by atoms with van der Waals surface area (Å²) in [6.45, 7) is 1.95. The number of rotatable bonds is 3. The number of hydrogen-bond donors (Lipinski definition) is 1. The van der Waals surface area contributed by atoms with Gasteiger partial charge in [-0.3, -0.25) is 9.20 Å². The summed E-state index contributed by atoms with van der Waals surface area (Å²) in [5.41, 5.74) is 8.87. The van der Waals surface area contributed by atoms with Gasteiger partial charge in [-0.2, -0.15) is 0 Å². The Morgan fingerprint density at radius 1 is 1.22 bits per heavy atom. The first kappa shape index (κ1) is 14.1. The first-order valence-corrected chi connectivity index (χ1v) is 8.63. The van der Waals surface area contributed by atoms with Gasteiger partial charge in [-0.05, 0) is 6.92 Å². The van der Waals surface area contributed by atoms with Crippen molar-refractivity contribution in [1.82, 2.24) is 14.4 Å². The first-order valence-electron chi connectivity index (χ1n) is 6.93. The van der Waals surface area contributed by atoms with Gasteiger partial charge in [-0.15, -0.1) is 22.7 Å². The molecule has 114 valence electrons. The van der Waals surface area contributed by atoms with Crippen molar-refractivity contribution >= 4 is 33.5 Å². The molecular formula is C16H12N4OS2. The Morgan fingerprint density at radius 3 is 2.74 bits per heavy atom. The number of nitrogens with two attached hydrogens (primary N) is 1. The summed E-state index contributed by atoms with van der Waals surface area (Å²) >= 11 is 2.88. The molecule has 0 fully saturated rings. The van der Waals surface area contributed by atoms with Gasteiger partial charge in [0.2, 0.25) is 0 Å². The molecule has 0 unspecified atom stereocenters. The molecule has 7 heteroatoms. The maximum atomic E-state index is 11.8. The standard InChI is InChI=1S/C16H12N4OS2/c1-9-12(20-7-8-22-16(20)18-9)15-19-11(13(23-15)14(17)21)10-5-3-2-4-6-10/h2-8H,1H3,(H2,17,21). The fourth-order valence-electron chi connectivity index (χ4n) is 2.53. The third kappa shape index (κ3) is 2.25. The number of benzene rings is 1. The summed E-state index contributed by atoms with van der Waals surface area (Å²) in [6, 6.07) is 9.61. The van der Waals surface area contributed by atoms with E-state index in [0.717, 1.165) is 26.9 Å². The van der Waals surface area contributed by atoms with E-state index in [1.165, 1.54) is 11.3 Å². The zero-order valence-electron chi connectivity index (χ0n) is 12.2. The lowest BCUT2D eigenvalue weighted by atomic mass is 10.1. The third-order valence-electron chi connectivity index (χ3n) is 3.54. The van der Waals surface area contributed by atoms with Crippen LogP contribution in [0.25, 0.3) is 26.9 Å². The lowest BCUT2D eigenvalue weighted by Gasteiger charge is -1.98. The number of amides is 1. The van der Waals surface area contributed by atoms with Crippen molar-refractivity contribution in [2.75, 3.05) is 0 Å². The van der Waals surface area contributed by atoms with Crippen LogP contribution in [0.4, 0.5) is 0 Å². The number of aromatic nitrogens is 3. The van der Waals surface area contributed by atoms with Crippen LogP contribution in [-0.2, 0) is 0 Å². The van der Waals surface area contributed by atoms with Gasteiger partial charge in [-0.1, -0.05) is 30.3 Å². The van der Waals surface area contributed by atoms with Crippen LogP contribution < -0.4 is 5.73 Å². The van der Waals surface area contributed by atoms with E-state index in [9.17, 15) is 4.79 Å². The van der Waals surface area contributed by atoms with Crippen molar-refractivity contribution in [3.8, 4) is 22.0 Å². The summed E-state index contributed by atoms with van der Waals surface area (Å²) in [4.78, 5) is 22.5. The van der Waals surface area contributed by atoms with E-state index in [1.807, 2.05) is 53.2 Å². The Balaban J connectivity index is 1.96. The minimum Gasteiger partial charge on any atom is -0.365 e. The Labute approximate surface area is 140 Å². The van der Waals surface area contributed by atoms with Crippen molar-refractivity contribution in [1.29, 1.82) is 0 Å². The molecule has 1 amide bonds. The molecule has 3 heterocycles. The molecule has 2 N–H and O–H groups in total. The van der Waals surface area contributed by atoms with Crippen LogP contribution >= 0.6 is 22.7 Å². The summed E-state index contributed by atoms with van der Waals surface area (Å²) in [7, 11) is 0. The van der Waals surface area contributed by atoms with E-state index in [-0.39, 0.29) is 0 Å². The highest BCUT2D eigenvalue weighted by Crippen LogP contribution is 2.35. The lowest BCUT2D eigenvalue weighted by molar-refractivity contribution is 0.100. The highest BCUT2D eigenvalue weighted by Gasteiger charge is 2.22. The molecule has 0 saturated heterocycles. The van der Waals surface area contributed by atoms with Crippen molar-refractivity contribution in [2.45, 2.75) is 6.92 Å². The predicted octanol–water partition coefficient (Wildman–Crippen LogP) is 3.59.